The van der Waals surface area contributed by atoms with Crippen LogP contribution in [0.15, 0.2) is 24.3 Å². The summed E-state index contributed by atoms with van der Waals surface area (Å²) in [4.78, 5) is 22.0. The SMILES string of the molecule is C=C(C)C(=O)Oc1c(I)cc(C=O)cc1I. The molecule has 16 heavy (non-hydrogen) atoms. The summed E-state index contributed by atoms with van der Waals surface area (Å²) in [6.45, 7) is 5.09. The molecule has 3 nitrogen and oxygen atoms in total. The second kappa shape index (κ2) is 5.76. The Kier molecular flexibility index (Phi) is 4.90. The monoisotopic (exact) mass is 442 g/mol. The topological polar surface area (TPSA) is 43.4 Å². The van der Waals surface area contributed by atoms with E-state index in [1.807, 2.05) is 45.2 Å². The van der Waals surface area contributed by atoms with E-state index in [0.717, 1.165) is 13.4 Å². The maximum absolute atomic E-state index is 11.4. The summed E-state index contributed by atoms with van der Waals surface area (Å²) in [5.74, 6) is 0.00878. The van der Waals surface area contributed by atoms with E-state index >= 15 is 0 Å². The van der Waals surface area contributed by atoms with Crippen molar-refractivity contribution < 1.29 is 14.3 Å². The highest BCUT2D eigenvalue weighted by Gasteiger charge is 2.13. The van der Waals surface area contributed by atoms with E-state index in [2.05, 4.69) is 6.58 Å². The lowest BCUT2D eigenvalue weighted by atomic mass is 10.2. The number of hydrogen-bond acceptors (Lipinski definition) is 3. The molecule has 1 aromatic carbocycles. The second-order valence-corrected chi connectivity index (χ2v) is 5.43. The van der Waals surface area contributed by atoms with E-state index in [9.17, 15) is 9.59 Å². The van der Waals surface area contributed by atoms with Crippen LogP contribution >= 0.6 is 45.2 Å². The molecule has 0 heterocycles. The Hall–Kier alpha value is -0.440. The molecule has 0 amide bonds. The zero-order chi connectivity index (χ0) is 12.3. The van der Waals surface area contributed by atoms with Gasteiger partial charge in [0.25, 0.3) is 0 Å². The largest absolute Gasteiger partial charge is 0.421 e. The second-order valence-electron chi connectivity index (χ2n) is 3.10. The lowest BCUT2D eigenvalue weighted by Crippen LogP contribution is -2.10. The van der Waals surface area contributed by atoms with Crippen molar-refractivity contribution in [3.8, 4) is 5.75 Å². The summed E-state index contributed by atoms with van der Waals surface area (Å²) in [6, 6.07) is 3.33. The van der Waals surface area contributed by atoms with Crippen molar-refractivity contribution in [2.24, 2.45) is 0 Å². The highest BCUT2D eigenvalue weighted by atomic mass is 127. The van der Waals surface area contributed by atoms with E-state index in [4.69, 9.17) is 4.74 Å². The molecule has 0 fully saturated rings. The molecule has 0 saturated carbocycles. The summed E-state index contributed by atoms with van der Waals surface area (Å²) < 4.78 is 6.61. The third-order valence-corrected chi connectivity index (χ3v) is 3.30. The molecule has 0 N–H and O–H groups in total. The van der Waals surface area contributed by atoms with Gasteiger partial charge in [0.05, 0.1) is 7.14 Å². The van der Waals surface area contributed by atoms with Crippen molar-refractivity contribution >= 4 is 57.4 Å². The number of carbonyl (C=O) groups excluding carboxylic acids is 2. The first kappa shape index (κ1) is 13.6. The average Bonchev–Trinajstić information content (AvgIpc) is 2.22. The van der Waals surface area contributed by atoms with Crippen LogP contribution < -0.4 is 4.74 Å². The fourth-order valence-electron chi connectivity index (χ4n) is 0.925. The summed E-state index contributed by atoms with van der Waals surface area (Å²) in [5.41, 5.74) is 0.898. The fraction of sp³-hybridized carbons (Fsp3) is 0.0909. The molecule has 1 aromatic rings. The Morgan fingerprint density at radius 1 is 1.38 bits per heavy atom. The van der Waals surface area contributed by atoms with Gasteiger partial charge in [0.15, 0.2) is 5.75 Å². The zero-order valence-corrected chi connectivity index (χ0v) is 12.7. The lowest BCUT2D eigenvalue weighted by molar-refractivity contribution is -0.130. The van der Waals surface area contributed by atoms with Gasteiger partial charge in [-0.3, -0.25) is 4.79 Å². The number of halogens is 2. The predicted octanol–water partition coefficient (Wildman–Crippen LogP) is 3.19. The summed E-state index contributed by atoms with van der Waals surface area (Å²) in [5, 5.41) is 0. The number of ether oxygens (including phenoxy) is 1. The molecule has 0 aliphatic heterocycles. The first-order valence-corrected chi connectivity index (χ1v) is 6.43. The van der Waals surface area contributed by atoms with Crippen LogP contribution in [0.5, 0.6) is 5.75 Å². The third kappa shape index (κ3) is 3.27. The van der Waals surface area contributed by atoms with E-state index in [0.29, 0.717) is 16.9 Å². The fourth-order valence-corrected chi connectivity index (χ4v) is 2.96. The standard InChI is InChI=1S/C11H8I2O3/c1-6(2)11(15)16-10-8(12)3-7(5-14)4-9(10)13/h3-5H,1H2,2H3. The van der Waals surface area contributed by atoms with Gasteiger partial charge in [0.2, 0.25) is 0 Å². The van der Waals surface area contributed by atoms with Gasteiger partial charge in [-0.25, -0.2) is 4.79 Å². The average molecular weight is 442 g/mol. The minimum Gasteiger partial charge on any atom is -0.421 e. The van der Waals surface area contributed by atoms with Crippen molar-refractivity contribution in [3.05, 3.63) is 37.0 Å². The maximum Gasteiger partial charge on any atom is 0.338 e. The van der Waals surface area contributed by atoms with E-state index < -0.39 is 5.97 Å². The number of hydrogen-bond donors (Lipinski definition) is 0. The van der Waals surface area contributed by atoms with Crippen molar-refractivity contribution in [2.45, 2.75) is 6.92 Å². The van der Waals surface area contributed by atoms with Crippen molar-refractivity contribution in [1.82, 2.24) is 0 Å². The molecule has 84 valence electrons. The summed E-state index contributed by atoms with van der Waals surface area (Å²) >= 11 is 4.04. The normalized spacial score (nSPS) is 9.69. The van der Waals surface area contributed by atoms with Gasteiger partial charge in [0, 0.05) is 11.1 Å². The first-order chi connectivity index (χ1) is 7.45. The molecule has 0 aliphatic rings. The smallest absolute Gasteiger partial charge is 0.338 e. The van der Waals surface area contributed by atoms with Gasteiger partial charge in [-0.15, -0.1) is 0 Å². The Bertz CT molecular complexity index is 443. The lowest BCUT2D eigenvalue weighted by Gasteiger charge is -2.08. The van der Waals surface area contributed by atoms with E-state index in [1.54, 1.807) is 19.1 Å². The number of aldehydes is 1. The number of benzene rings is 1. The maximum atomic E-state index is 11.4. The molecule has 0 atom stereocenters. The van der Waals surface area contributed by atoms with Crippen LogP contribution in [0.3, 0.4) is 0 Å². The Morgan fingerprint density at radius 2 is 1.88 bits per heavy atom. The van der Waals surface area contributed by atoms with Gasteiger partial charge in [0.1, 0.15) is 6.29 Å². The van der Waals surface area contributed by atoms with E-state index in [1.165, 1.54) is 0 Å². The summed E-state index contributed by atoms with van der Waals surface area (Å²) in [7, 11) is 0. The van der Waals surface area contributed by atoms with Crippen LogP contribution in [0, 0.1) is 7.14 Å². The zero-order valence-electron chi connectivity index (χ0n) is 8.42. The molecule has 0 saturated heterocycles. The number of rotatable bonds is 3. The first-order valence-electron chi connectivity index (χ1n) is 4.27. The highest BCUT2D eigenvalue weighted by molar-refractivity contribution is 14.1. The van der Waals surface area contributed by atoms with Crippen LogP contribution in [0.25, 0.3) is 0 Å². The minimum absolute atomic E-state index is 0.339. The highest BCUT2D eigenvalue weighted by Crippen LogP contribution is 2.29. The molecule has 0 radical (unpaired) electrons. The number of esters is 1. The molecule has 0 spiro atoms. The predicted molar refractivity (Wildman–Crippen MR) is 77.7 cm³/mol. The molecule has 0 aliphatic carbocycles. The van der Waals surface area contributed by atoms with Gasteiger partial charge >= 0.3 is 5.97 Å². The molecule has 0 bridgehead atoms. The number of carbonyl (C=O) groups is 2. The minimum atomic E-state index is -0.463. The van der Waals surface area contributed by atoms with Crippen LogP contribution in [-0.2, 0) is 4.79 Å². The molecular formula is C11H8I2O3. The Labute approximate surface area is 121 Å². The van der Waals surface area contributed by atoms with E-state index in [-0.39, 0.29) is 0 Å². The van der Waals surface area contributed by atoms with Crippen LogP contribution in [-0.4, -0.2) is 12.3 Å². The van der Waals surface area contributed by atoms with Crippen molar-refractivity contribution in [3.63, 3.8) is 0 Å². The molecule has 0 unspecified atom stereocenters. The third-order valence-electron chi connectivity index (χ3n) is 1.70. The van der Waals surface area contributed by atoms with Crippen molar-refractivity contribution in [1.29, 1.82) is 0 Å². The van der Waals surface area contributed by atoms with Gasteiger partial charge in [-0.2, -0.15) is 0 Å². The van der Waals surface area contributed by atoms with Gasteiger partial charge in [-0.05, 0) is 64.2 Å². The quantitative estimate of drug-likeness (QED) is 0.238. The van der Waals surface area contributed by atoms with Crippen molar-refractivity contribution in [2.75, 3.05) is 0 Å². The van der Waals surface area contributed by atoms with Gasteiger partial charge in [-0.1, -0.05) is 6.58 Å². The molecule has 0 aromatic heterocycles. The summed E-state index contributed by atoms with van der Waals surface area (Å²) in [6.07, 6.45) is 0.759. The Morgan fingerprint density at radius 3 is 2.25 bits per heavy atom. The molecule has 1 rings (SSSR count). The van der Waals surface area contributed by atoms with Crippen LogP contribution in [0.2, 0.25) is 0 Å². The van der Waals surface area contributed by atoms with Crippen LogP contribution in [0.4, 0.5) is 0 Å². The Balaban J connectivity index is 3.10. The molecule has 5 heteroatoms. The molecular weight excluding hydrogens is 434 g/mol. The van der Waals surface area contributed by atoms with Gasteiger partial charge < -0.3 is 4.74 Å². The van der Waals surface area contributed by atoms with Crippen LogP contribution in [0.1, 0.15) is 17.3 Å².